The summed E-state index contributed by atoms with van der Waals surface area (Å²) in [5.41, 5.74) is 6.47. The van der Waals surface area contributed by atoms with Crippen molar-refractivity contribution in [2.45, 2.75) is 25.5 Å². The highest BCUT2D eigenvalue weighted by Gasteiger charge is 2.32. The maximum absolute atomic E-state index is 11.0. The molecule has 0 saturated heterocycles. The van der Waals surface area contributed by atoms with Gasteiger partial charge in [-0.25, -0.2) is 9.78 Å². The SMILES string of the molecule is COCc1nc(C(N)C2CC2)sc1C(=O)O. The Balaban J connectivity index is 2.25. The van der Waals surface area contributed by atoms with E-state index in [4.69, 9.17) is 15.6 Å². The van der Waals surface area contributed by atoms with Gasteiger partial charge in [0.25, 0.3) is 0 Å². The predicted octanol–water partition coefficient (Wildman–Crippen LogP) is 1.40. The van der Waals surface area contributed by atoms with Crippen molar-refractivity contribution >= 4 is 17.3 Å². The lowest BCUT2D eigenvalue weighted by Gasteiger charge is -2.04. The molecule has 16 heavy (non-hydrogen) atoms. The lowest BCUT2D eigenvalue weighted by Crippen LogP contribution is -2.12. The van der Waals surface area contributed by atoms with Crippen molar-refractivity contribution in [2.75, 3.05) is 7.11 Å². The van der Waals surface area contributed by atoms with Crippen LogP contribution in [0.25, 0.3) is 0 Å². The number of carboxylic acids is 1. The lowest BCUT2D eigenvalue weighted by molar-refractivity contribution is 0.0697. The van der Waals surface area contributed by atoms with Gasteiger partial charge in [0.1, 0.15) is 9.88 Å². The number of aromatic nitrogens is 1. The molecule has 3 N–H and O–H groups in total. The van der Waals surface area contributed by atoms with Gasteiger partial charge in [0, 0.05) is 7.11 Å². The normalized spacial score (nSPS) is 17.4. The number of nitrogens with zero attached hydrogens (tertiary/aromatic N) is 1. The molecule has 2 rings (SSSR count). The van der Waals surface area contributed by atoms with Gasteiger partial charge in [0.15, 0.2) is 0 Å². The number of rotatable bonds is 5. The van der Waals surface area contributed by atoms with Crippen LogP contribution in [0.2, 0.25) is 0 Å². The third-order valence-electron chi connectivity index (χ3n) is 2.60. The fraction of sp³-hybridized carbons (Fsp3) is 0.600. The Morgan fingerprint density at radius 3 is 2.94 bits per heavy atom. The number of carboxylic acid groups (broad SMARTS) is 1. The second-order valence-corrected chi connectivity index (χ2v) is 4.96. The van der Waals surface area contributed by atoms with Gasteiger partial charge in [-0.2, -0.15) is 0 Å². The Hall–Kier alpha value is -0.980. The van der Waals surface area contributed by atoms with Gasteiger partial charge in [-0.05, 0) is 18.8 Å². The molecule has 1 aromatic rings. The van der Waals surface area contributed by atoms with E-state index in [1.54, 1.807) is 0 Å². The summed E-state index contributed by atoms with van der Waals surface area (Å²) in [5.74, 6) is -0.484. The molecule has 6 heteroatoms. The van der Waals surface area contributed by atoms with Crippen molar-refractivity contribution in [3.05, 3.63) is 15.6 Å². The van der Waals surface area contributed by atoms with Crippen molar-refractivity contribution in [3.63, 3.8) is 0 Å². The Kier molecular flexibility index (Phi) is 3.22. The van der Waals surface area contributed by atoms with E-state index in [9.17, 15) is 4.79 Å². The number of carbonyl (C=O) groups is 1. The number of ether oxygens (including phenoxy) is 1. The summed E-state index contributed by atoms with van der Waals surface area (Å²) in [7, 11) is 1.52. The number of nitrogens with two attached hydrogens (primary N) is 1. The first-order valence-corrected chi connectivity index (χ1v) is 5.92. The summed E-state index contributed by atoms with van der Waals surface area (Å²) < 4.78 is 4.93. The van der Waals surface area contributed by atoms with Crippen molar-refractivity contribution < 1.29 is 14.6 Å². The van der Waals surface area contributed by atoms with Crippen molar-refractivity contribution in [1.82, 2.24) is 4.98 Å². The summed E-state index contributed by atoms with van der Waals surface area (Å²) in [5, 5.41) is 9.73. The summed E-state index contributed by atoms with van der Waals surface area (Å²) in [6, 6.07) is -0.117. The molecule has 88 valence electrons. The van der Waals surface area contributed by atoms with Crippen molar-refractivity contribution in [1.29, 1.82) is 0 Å². The molecule has 1 heterocycles. The van der Waals surface area contributed by atoms with Gasteiger partial charge in [0.2, 0.25) is 0 Å². The number of aromatic carboxylic acids is 1. The molecular weight excluding hydrogens is 228 g/mol. The second kappa shape index (κ2) is 4.48. The Morgan fingerprint density at radius 2 is 2.44 bits per heavy atom. The summed E-state index contributed by atoms with van der Waals surface area (Å²) in [6.45, 7) is 0.218. The molecule has 1 aromatic heterocycles. The third kappa shape index (κ3) is 2.23. The molecule has 1 aliphatic carbocycles. The Labute approximate surface area is 97.2 Å². The van der Waals surface area contributed by atoms with Crippen LogP contribution >= 0.6 is 11.3 Å². The van der Waals surface area contributed by atoms with E-state index in [2.05, 4.69) is 4.98 Å². The Bertz CT molecular complexity index is 401. The van der Waals surface area contributed by atoms with Gasteiger partial charge in [-0.15, -0.1) is 11.3 Å². The van der Waals surface area contributed by atoms with Crippen LogP contribution in [0.1, 0.15) is 39.3 Å². The molecule has 1 atom stereocenters. The van der Waals surface area contributed by atoms with Gasteiger partial charge in [-0.1, -0.05) is 0 Å². The molecule has 1 fully saturated rings. The largest absolute Gasteiger partial charge is 0.477 e. The van der Waals surface area contributed by atoms with E-state index in [0.29, 0.717) is 16.6 Å². The molecule has 1 aliphatic rings. The molecule has 0 amide bonds. The number of hydrogen-bond donors (Lipinski definition) is 2. The van der Waals surface area contributed by atoms with Crippen molar-refractivity contribution in [3.8, 4) is 0 Å². The molecule has 0 aliphatic heterocycles. The van der Waals surface area contributed by atoms with Crippen LogP contribution in [0.4, 0.5) is 0 Å². The minimum atomic E-state index is -0.959. The van der Waals surface area contributed by atoms with Crippen LogP contribution in [0, 0.1) is 5.92 Å². The van der Waals surface area contributed by atoms with Gasteiger partial charge in [-0.3, -0.25) is 0 Å². The maximum Gasteiger partial charge on any atom is 0.347 e. The van der Waals surface area contributed by atoms with Gasteiger partial charge in [0.05, 0.1) is 18.3 Å². The molecule has 0 bridgehead atoms. The van der Waals surface area contributed by atoms with E-state index in [-0.39, 0.29) is 17.5 Å². The van der Waals surface area contributed by atoms with Crippen LogP contribution in [0.15, 0.2) is 0 Å². The van der Waals surface area contributed by atoms with Crippen LogP contribution in [0.3, 0.4) is 0 Å². The molecule has 1 unspecified atom stereocenters. The van der Waals surface area contributed by atoms with Gasteiger partial charge < -0.3 is 15.6 Å². The summed E-state index contributed by atoms with van der Waals surface area (Å²) >= 11 is 1.17. The van der Waals surface area contributed by atoms with E-state index in [1.165, 1.54) is 18.4 Å². The van der Waals surface area contributed by atoms with E-state index < -0.39 is 5.97 Å². The average molecular weight is 242 g/mol. The zero-order valence-corrected chi connectivity index (χ0v) is 9.79. The summed E-state index contributed by atoms with van der Waals surface area (Å²) in [6.07, 6.45) is 2.23. The molecule has 1 saturated carbocycles. The second-order valence-electron chi connectivity index (χ2n) is 3.93. The first kappa shape index (κ1) is 11.5. The van der Waals surface area contributed by atoms with Crippen molar-refractivity contribution in [2.24, 2.45) is 11.7 Å². The van der Waals surface area contributed by atoms with E-state index in [1.807, 2.05) is 0 Å². The molecule has 0 spiro atoms. The van der Waals surface area contributed by atoms with Gasteiger partial charge >= 0.3 is 5.97 Å². The van der Waals surface area contributed by atoms with E-state index in [0.717, 1.165) is 12.8 Å². The average Bonchev–Trinajstić information content (AvgIpc) is 2.99. The zero-order valence-electron chi connectivity index (χ0n) is 8.97. The number of methoxy groups -OCH3 is 1. The first-order valence-electron chi connectivity index (χ1n) is 5.11. The molecule has 0 radical (unpaired) electrons. The third-order valence-corrected chi connectivity index (χ3v) is 3.79. The van der Waals surface area contributed by atoms with Crippen LogP contribution in [-0.4, -0.2) is 23.2 Å². The maximum atomic E-state index is 11.0. The minimum Gasteiger partial charge on any atom is -0.477 e. The van der Waals surface area contributed by atoms with Crippen LogP contribution < -0.4 is 5.73 Å². The number of thiazole rings is 1. The fourth-order valence-corrected chi connectivity index (χ4v) is 2.57. The molecular formula is C10H14N2O3S. The lowest BCUT2D eigenvalue weighted by atomic mass is 10.2. The van der Waals surface area contributed by atoms with E-state index >= 15 is 0 Å². The molecule has 0 aromatic carbocycles. The topological polar surface area (TPSA) is 85.4 Å². The number of hydrogen-bond acceptors (Lipinski definition) is 5. The first-order chi connectivity index (χ1) is 7.63. The quantitative estimate of drug-likeness (QED) is 0.815. The highest BCUT2D eigenvalue weighted by Crippen LogP contribution is 2.41. The monoisotopic (exact) mass is 242 g/mol. The smallest absolute Gasteiger partial charge is 0.347 e. The standard InChI is InChI=1S/C10H14N2O3S/c1-15-4-6-8(10(13)14)16-9(12-6)7(11)5-2-3-5/h5,7H,2-4,11H2,1H3,(H,13,14). The predicted molar refractivity (Wildman–Crippen MR) is 59.4 cm³/mol. The van der Waals surface area contributed by atoms with Crippen LogP contribution in [0.5, 0.6) is 0 Å². The fourth-order valence-electron chi connectivity index (χ4n) is 1.57. The zero-order chi connectivity index (χ0) is 11.7. The summed E-state index contributed by atoms with van der Waals surface area (Å²) in [4.78, 5) is 15.5. The highest BCUT2D eigenvalue weighted by atomic mass is 32.1. The van der Waals surface area contributed by atoms with Crippen LogP contribution in [-0.2, 0) is 11.3 Å². The minimum absolute atomic E-state index is 0.117. The molecule has 5 nitrogen and oxygen atoms in total. The Morgan fingerprint density at radius 1 is 1.75 bits per heavy atom. The highest BCUT2D eigenvalue weighted by molar-refractivity contribution is 7.13.